The first-order valence-electron chi connectivity index (χ1n) is 4.40. The monoisotopic (exact) mass is 212 g/mol. The third-order valence-corrected chi connectivity index (χ3v) is 1.75. The zero-order valence-electron chi connectivity index (χ0n) is 9.37. The van der Waals surface area contributed by atoms with E-state index in [1.165, 1.54) is 32.1 Å². The van der Waals surface area contributed by atoms with Crippen molar-refractivity contribution in [2.45, 2.75) is 13.8 Å². The highest BCUT2D eigenvalue weighted by Crippen LogP contribution is 2.06. The maximum absolute atomic E-state index is 11.2. The molecule has 0 heterocycles. The van der Waals surface area contributed by atoms with Crippen molar-refractivity contribution in [3.8, 4) is 0 Å². The Morgan fingerprint density at radius 3 is 2.33 bits per heavy atom. The number of rotatable bonds is 3. The zero-order valence-corrected chi connectivity index (χ0v) is 9.37. The molecule has 6 heteroatoms. The van der Waals surface area contributed by atoms with E-state index in [9.17, 15) is 9.59 Å². The molecule has 0 aliphatic rings. The van der Waals surface area contributed by atoms with Crippen molar-refractivity contribution in [1.29, 1.82) is 0 Å². The molecule has 0 aliphatic carbocycles. The minimum atomic E-state index is -0.469. The molecule has 0 aliphatic heterocycles. The number of aliphatic imine (C=N–C) groups is 1. The van der Waals surface area contributed by atoms with E-state index >= 15 is 0 Å². The summed E-state index contributed by atoms with van der Waals surface area (Å²) in [5.41, 5.74) is 5.47. The number of hydrogen-bond acceptors (Lipinski definition) is 4. The lowest BCUT2D eigenvalue weighted by molar-refractivity contribution is -0.125. The largest absolute Gasteiger partial charge is 0.391 e. The number of carbonyl (C=O) groups excluding carboxylic acids is 2. The average molecular weight is 212 g/mol. The van der Waals surface area contributed by atoms with E-state index in [0.29, 0.717) is 0 Å². The van der Waals surface area contributed by atoms with Gasteiger partial charge in [0.05, 0.1) is 0 Å². The van der Waals surface area contributed by atoms with Crippen LogP contribution in [0.1, 0.15) is 13.8 Å². The molecule has 84 valence electrons. The van der Waals surface area contributed by atoms with Crippen LogP contribution >= 0.6 is 0 Å². The van der Waals surface area contributed by atoms with Crippen LogP contribution in [0.25, 0.3) is 0 Å². The molecule has 0 aromatic carbocycles. The van der Waals surface area contributed by atoms with Crippen LogP contribution in [-0.2, 0) is 9.59 Å². The number of nitrogens with one attached hydrogen (secondary N) is 1. The smallest absolute Gasteiger partial charge is 0.270 e. The molecule has 0 aromatic rings. The lowest BCUT2D eigenvalue weighted by Crippen LogP contribution is -2.32. The average Bonchev–Trinajstić information content (AvgIpc) is 2.22. The van der Waals surface area contributed by atoms with Gasteiger partial charge in [0.15, 0.2) is 5.82 Å². The maximum Gasteiger partial charge on any atom is 0.270 e. The Kier molecular flexibility index (Phi) is 5.08. The van der Waals surface area contributed by atoms with Crippen molar-refractivity contribution in [3.63, 3.8) is 0 Å². The zero-order chi connectivity index (χ0) is 12.0. The molecule has 0 fully saturated rings. The van der Waals surface area contributed by atoms with Gasteiger partial charge in [-0.2, -0.15) is 0 Å². The van der Waals surface area contributed by atoms with Crippen molar-refractivity contribution in [1.82, 2.24) is 10.2 Å². The van der Waals surface area contributed by atoms with Gasteiger partial charge in [0.25, 0.3) is 5.91 Å². The Labute approximate surface area is 88.8 Å². The van der Waals surface area contributed by atoms with Gasteiger partial charge in [-0.25, -0.2) is 4.99 Å². The number of amides is 2. The molecule has 0 radical (unpaired) electrons. The second kappa shape index (κ2) is 5.79. The first-order chi connectivity index (χ1) is 6.95. The normalized spacial score (nSPS) is 12.3. The van der Waals surface area contributed by atoms with Crippen LogP contribution in [0.4, 0.5) is 0 Å². The highest BCUT2D eigenvalue weighted by Gasteiger charge is 2.15. The van der Waals surface area contributed by atoms with Gasteiger partial charge in [0, 0.05) is 27.2 Å². The van der Waals surface area contributed by atoms with Gasteiger partial charge in [-0.1, -0.05) is 0 Å². The lowest BCUT2D eigenvalue weighted by atomic mass is 10.4. The first kappa shape index (κ1) is 13.2. The summed E-state index contributed by atoms with van der Waals surface area (Å²) in [6.07, 6.45) is 1.46. The molecule has 0 spiro atoms. The summed E-state index contributed by atoms with van der Waals surface area (Å²) in [4.78, 5) is 27.5. The summed E-state index contributed by atoms with van der Waals surface area (Å²) in [6.45, 7) is 3.04. The predicted molar refractivity (Wildman–Crippen MR) is 57.9 cm³/mol. The maximum atomic E-state index is 11.2. The standard InChI is InChI=1S/C9H16N4O2/c1-5-12-8(13(4)6(2)14)7(10)9(15)11-3/h5H,10H2,1-4H3,(H,11,15)/b8-7+,12-5?. The predicted octanol–water partition coefficient (Wildman–Crippen LogP) is -0.571. The van der Waals surface area contributed by atoms with Crippen LogP contribution in [0.5, 0.6) is 0 Å². The molecule has 0 aromatic heterocycles. The van der Waals surface area contributed by atoms with Crippen LogP contribution in [-0.4, -0.2) is 37.0 Å². The summed E-state index contributed by atoms with van der Waals surface area (Å²) < 4.78 is 0. The fourth-order valence-corrected chi connectivity index (χ4v) is 0.844. The van der Waals surface area contributed by atoms with E-state index in [-0.39, 0.29) is 17.4 Å². The lowest BCUT2D eigenvalue weighted by Gasteiger charge is -2.16. The van der Waals surface area contributed by atoms with E-state index in [4.69, 9.17) is 5.73 Å². The molecular weight excluding hydrogens is 196 g/mol. The third kappa shape index (κ3) is 3.41. The fraction of sp³-hybridized carbons (Fsp3) is 0.444. The van der Waals surface area contributed by atoms with Crippen LogP contribution in [0.15, 0.2) is 16.5 Å². The molecule has 0 unspecified atom stereocenters. The molecule has 0 rings (SSSR count). The quantitative estimate of drug-likeness (QED) is 0.485. The Morgan fingerprint density at radius 1 is 1.47 bits per heavy atom. The molecule has 3 N–H and O–H groups in total. The van der Waals surface area contributed by atoms with Crippen molar-refractivity contribution in [2.24, 2.45) is 10.7 Å². The summed E-state index contributed by atoms with van der Waals surface area (Å²) in [5, 5.41) is 2.36. The van der Waals surface area contributed by atoms with Gasteiger partial charge in [-0.3, -0.25) is 14.5 Å². The number of nitrogens with zero attached hydrogens (tertiary/aromatic N) is 2. The molecule has 0 saturated carbocycles. The van der Waals surface area contributed by atoms with E-state index in [1.807, 2.05) is 0 Å². The second-order valence-corrected chi connectivity index (χ2v) is 2.78. The SMILES string of the molecule is CC=N/C(=C(\N)C(=O)NC)N(C)C(C)=O. The molecular formula is C9H16N4O2. The Balaban J connectivity index is 5.28. The number of nitrogens with two attached hydrogens (primary N) is 1. The molecule has 0 bridgehead atoms. The van der Waals surface area contributed by atoms with Gasteiger partial charge in [-0.15, -0.1) is 0 Å². The van der Waals surface area contributed by atoms with Crippen LogP contribution in [0, 0.1) is 0 Å². The van der Waals surface area contributed by atoms with Crippen molar-refractivity contribution in [2.75, 3.05) is 14.1 Å². The second-order valence-electron chi connectivity index (χ2n) is 2.78. The molecule has 0 saturated heterocycles. The van der Waals surface area contributed by atoms with E-state index in [1.54, 1.807) is 6.92 Å². The van der Waals surface area contributed by atoms with Crippen molar-refractivity contribution in [3.05, 3.63) is 11.5 Å². The molecule has 2 amide bonds. The topological polar surface area (TPSA) is 87.8 Å². The highest BCUT2D eigenvalue weighted by atomic mass is 16.2. The third-order valence-electron chi connectivity index (χ3n) is 1.75. The summed E-state index contributed by atoms with van der Waals surface area (Å²) >= 11 is 0. The van der Waals surface area contributed by atoms with Gasteiger partial charge in [0.1, 0.15) is 5.70 Å². The van der Waals surface area contributed by atoms with Gasteiger partial charge in [-0.05, 0) is 6.92 Å². The van der Waals surface area contributed by atoms with E-state index < -0.39 is 5.91 Å². The van der Waals surface area contributed by atoms with Gasteiger partial charge in [0.2, 0.25) is 5.91 Å². The first-order valence-corrected chi connectivity index (χ1v) is 4.40. The molecule has 6 nitrogen and oxygen atoms in total. The van der Waals surface area contributed by atoms with Crippen molar-refractivity contribution < 1.29 is 9.59 Å². The minimum Gasteiger partial charge on any atom is -0.391 e. The summed E-state index contributed by atoms with van der Waals surface area (Å²) in [6, 6.07) is 0. The van der Waals surface area contributed by atoms with Crippen molar-refractivity contribution >= 4 is 18.0 Å². The van der Waals surface area contributed by atoms with Crippen LogP contribution in [0.2, 0.25) is 0 Å². The fourth-order valence-electron chi connectivity index (χ4n) is 0.844. The Morgan fingerprint density at radius 2 is 2.00 bits per heavy atom. The van der Waals surface area contributed by atoms with Crippen LogP contribution < -0.4 is 11.1 Å². The van der Waals surface area contributed by atoms with Gasteiger partial charge < -0.3 is 11.1 Å². The number of carbonyl (C=O) groups is 2. The Hall–Kier alpha value is -1.85. The van der Waals surface area contributed by atoms with Gasteiger partial charge >= 0.3 is 0 Å². The molecule has 0 atom stereocenters. The minimum absolute atomic E-state index is 0.0895. The molecule has 15 heavy (non-hydrogen) atoms. The number of likely N-dealkylation sites (N-methyl/N-ethyl adjacent to an activating group) is 1. The summed E-state index contributed by atoms with van der Waals surface area (Å²) in [5.74, 6) is -0.574. The number of hydrogen-bond donors (Lipinski definition) is 2. The Bertz CT molecular complexity index is 320. The van der Waals surface area contributed by atoms with E-state index in [2.05, 4.69) is 10.3 Å². The summed E-state index contributed by atoms with van der Waals surface area (Å²) in [7, 11) is 2.96. The van der Waals surface area contributed by atoms with Crippen LogP contribution in [0.3, 0.4) is 0 Å². The van der Waals surface area contributed by atoms with E-state index in [0.717, 1.165) is 0 Å². The highest BCUT2D eigenvalue weighted by molar-refractivity contribution is 5.93.